The van der Waals surface area contributed by atoms with E-state index in [-0.39, 0.29) is 29.6 Å². The molecule has 0 unspecified atom stereocenters. The lowest BCUT2D eigenvalue weighted by molar-refractivity contribution is -0.147. The van der Waals surface area contributed by atoms with Crippen molar-refractivity contribution >= 4 is 34.4 Å². The summed E-state index contributed by atoms with van der Waals surface area (Å²) in [6.07, 6.45) is 3.08. The second-order valence-electron chi connectivity index (χ2n) is 9.22. The number of carbonyl (C=O) groups excluding carboxylic acids is 2. The number of hydrogen-bond donors (Lipinski definition) is 2. The van der Waals surface area contributed by atoms with Crippen molar-refractivity contribution in [2.24, 2.45) is 0 Å². The third-order valence-electron chi connectivity index (χ3n) is 7.49. The standard InChI is InChI=1S/C26H23N3O5S/c30-22(29-15-9-11-26(29,12-10-15)23(31)32)21-13-27-24(35-21)28-25(33)34-14-20-18-7-3-1-5-16(18)17-6-2-4-8-19(17)20/h1-8,13,15,20H,9-12,14H2,(H,31,32)(H,27,28,33). The summed E-state index contributed by atoms with van der Waals surface area (Å²) >= 11 is 1.03. The number of thiazole rings is 1. The number of carboxylic acids is 1. The van der Waals surface area contributed by atoms with E-state index in [0.29, 0.717) is 30.6 Å². The fraction of sp³-hybridized carbons (Fsp3) is 0.308. The average Bonchev–Trinajstić information content (AvgIpc) is 3.64. The Morgan fingerprint density at radius 3 is 2.31 bits per heavy atom. The van der Waals surface area contributed by atoms with Crippen molar-refractivity contribution in [1.82, 2.24) is 9.88 Å². The number of anilines is 1. The summed E-state index contributed by atoms with van der Waals surface area (Å²) < 4.78 is 5.55. The van der Waals surface area contributed by atoms with Crippen LogP contribution < -0.4 is 5.32 Å². The maximum Gasteiger partial charge on any atom is 0.413 e. The molecule has 8 nitrogen and oxygen atoms in total. The number of amides is 2. The Morgan fingerprint density at radius 1 is 1.06 bits per heavy atom. The number of aromatic nitrogens is 1. The van der Waals surface area contributed by atoms with Gasteiger partial charge in [0.25, 0.3) is 5.91 Å². The summed E-state index contributed by atoms with van der Waals surface area (Å²) in [5.41, 5.74) is 3.42. The third-order valence-corrected chi connectivity index (χ3v) is 8.40. The Bertz CT molecular complexity index is 1300. The number of hydrogen-bond acceptors (Lipinski definition) is 6. The average molecular weight is 490 g/mol. The number of aliphatic carboxylic acids is 1. The van der Waals surface area contributed by atoms with Gasteiger partial charge in [0.1, 0.15) is 17.0 Å². The first-order chi connectivity index (χ1) is 17.0. The molecule has 2 aromatic carbocycles. The van der Waals surface area contributed by atoms with Gasteiger partial charge in [-0.1, -0.05) is 59.9 Å². The lowest BCUT2D eigenvalue weighted by Crippen LogP contribution is -2.50. The lowest BCUT2D eigenvalue weighted by atomic mass is 9.88. The molecule has 9 heteroatoms. The topological polar surface area (TPSA) is 109 Å². The van der Waals surface area contributed by atoms with E-state index in [1.165, 1.54) is 11.1 Å². The molecule has 0 spiro atoms. The first kappa shape index (κ1) is 21.8. The van der Waals surface area contributed by atoms with Gasteiger partial charge in [-0.3, -0.25) is 10.1 Å². The van der Waals surface area contributed by atoms with E-state index in [1.807, 2.05) is 24.3 Å². The third kappa shape index (κ3) is 3.41. The van der Waals surface area contributed by atoms with Crippen LogP contribution in [-0.2, 0) is 9.53 Å². The van der Waals surface area contributed by atoms with Gasteiger partial charge in [0, 0.05) is 12.0 Å². The Labute approximate surface area is 205 Å². The van der Waals surface area contributed by atoms with Gasteiger partial charge in [0.2, 0.25) is 0 Å². The van der Waals surface area contributed by atoms with Crippen LogP contribution in [0.3, 0.4) is 0 Å². The second-order valence-corrected chi connectivity index (χ2v) is 10.3. The predicted molar refractivity (Wildman–Crippen MR) is 130 cm³/mol. The Kier molecular flexibility index (Phi) is 5.10. The summed E-state index contributed by atoms with van der Waals surface area (Å²) in [7, 11) is 0. The highest BCUT2D eigenvalue weighted by atomic mass is 32.1. The van der Waals surface area contributed by atoms with Crippen molar-refractivity contribution in [2.75, 3.05) is 11.9 Å². The Morgan fingerprint density at radius 2 is 1.69 bits per heavy atom. The number of carbonyl (C=O) groups is 3. The number of nitrogens with one attached hydrogen (secondary N) is 1. The van der Waals surface area contributed by atoms with Gasteiger partial charge in [-0.15, -0.1) is 0 Å². The predicted octanol–water partition coefficient (Wildman–Crippen LogP) is 4.73. The lowest BCUT2D eigenvalue weighted by Gasteiger charge is -2.30. The van der Waals surface area contributed by atoms with Crippen LogP contribution in [-0.4, -0.2) is 51.1 Å². The zero-order valence-corrected chi connectivity index (χ0v) is 19.6. The number of rotatable bonds is 5. The van der Waals surface area contributed by atoms with E-state index < -0.39 is 17.6 Å². The summed E-state index contributed by atoms with van der Waals surface area (Å²) in [4.78, 5) is 43.6. The quantitative estimate of drug-likeness (QED) is 0.537. The molecule has 3 aromatic rings. The Hall–Kier alpha value is -3.72. The van der Waals surface area contributed by atoms with Crippen LogP contribution in [0.1, 0.15) is 52.4 Å². The van der Waals surface area contributed by atoms with Crippen molar-refractivity contribution in [2.45, 2.75) is 43.2 Å². The minimum absolute atomic E-state index is 0.0561. The zero-order chi connectivity index (χ0) is 24.2. The summed E-state index contributed by atoms with van der Waals surface area (Å²) in [6, 6.07) is 16.1. The highest BCUT2D eigenvalue weighted by Gasteiger charge is 2.59. The number of benzene rings is 2. The van der Waals surface area contributed by atoms with Crippen LogP contribution in [0.2, 0.25) is 0 Å². The molecule has 2 amide bonds. The maximum atomic E-state index is 13.1. The molecule has 0 atom stereocenters. The maximum absolute atomic E-state index is 13.1. The largest absolute Gasteiger partial charge is 0.479 e. The van der Waals surface area contributed by atoms with Gasteiger partial charge >= 0.3 is 12.1 Å². The van der Waals surface area contributed by atoms with Crippen molar-refractivity contribution < 1.29 is 24.2 Å². The summed E-state index contributed by atoms with van der Waals surface area (Å²) in [5.74, 6) is -1.35. The smallest absolute Gasteiger partial charge is 0.413 e. The van der Waals surface area contributed by atoms with Gasteiger partial charge < -0.3 is 14.7 Å². The molecule has 3 aliphatic rings. The molecule has 3 heterocycles. The van der Waals surface area contributed by atoms with Gasteiger partial charge in [-0.25, -0.2) is 14.6 Å². The van der Waals surface area contributed by atoms with Gasteiger partial charge in [-0.2, -0.15) is 0 Å². The molecular formula is C26H23N3O5S. The highest BCUT2D eigenvalue weighted by Crippen LogP contribution is 2.48. The highest BCUT2D eigenvalue weighted by molar-refractivity contribution is 7.17. The number of ether oxygens (including phenoxy) is 1. The van der Waals surface area contributed by atoms with E-state index in [1.54, 1.807) is 0 Å². The van der Waals surface area contributed by atoms with Crippen LogP contribution in [0, 0.1) is 0 Å². The van der Waals surface area contributed by atoms with Gasteiger partial charge in [-0.05, 0) is 47.9 Å². The first-order valence-electron chi connectivity index (χ1n) is 11.6. The van der Waals surface area contributed by atoms with E-state index in [9.17, 15) is 19.5 Å². The van der Waals surface area contributed by atoms with Crippen molar-refractivity contribution in [3.05, 3.63) is 70.7 Å². The first-order valence-corrected chi connectivity index (χ1v) is 12.4. The van der Waals surface area contributed by atoms with Gasteiger partial charge in [0.15, 0.2) is 5.13 Å². The van der Waals surface area contributed by atoms with E-state index in [0.717, 1.165) is 33.6 Å². The second kappa shape index (κ2) is 8.20. The minimum Gasteiger partial charge on any atom is -0.479 e. The zero-order valence-electron chi connectivity index (χ0n) is 18.8. The fourth-order valence-corrected chi connectivity index (χ4v) is 6.62. The molecule has 0 saturated carbocycles. The Balaban J connectivity index is 1.12. The molecule has 178 valence electrons. The van der Waals surface area contributed by atoms with Crippen molar-refractivity contribution in [3.63, 3.8) is 0 Å². The SMILES string of the molecule is O=C(Nc1ncc(C(=O)N2C3CCC2(C(=O)O)CC3)s1)OCC1c2ccccc2-c2ccccc21. The fourth-order valence-electron chi connectivity index (χ4n) is 5.88. The van der Waals surface area contributed by atoms with E-state index in [4.69, 9.17) is 4.74 Å². The van der Waals surface area contributed by atoms with Crippen LogP contribution in [0.4, 0.5) is 9.93 Å². The molecular weight excluding hydrogens is 466 g/mol. The van der Waals surface area contributed by atoms with Crippen LogP contribution in [0.5, 0.6) is 0 Å². The molecule has 2 bridgehead atoms. The molecule has 2 saturated heterocycles. The van der Waals surface area contributed by atoms with Gasteiger partial charge in [0.05, 0.1) is 6.20 Å². The molecule has 2 fully saturated rings. The molecule has 6 rings (SSSR count). The molecule has 1 aliphatic carbocycles. The number of nitrogens with zero attached hydrogens (tertiary/aromatic N) is 2. The number of fused-ring (bicyclic) bond motifs is 5. The number of carboxylic acid groups (broad SMARTS) is 1. The van der Waals surface area contributed by atoms with Crippen LogP contribution in [0.25, 0.3) is 11.1 Å². The summed E-state index contributed by atoms with van der Waals surface area (Å²) in [5, 5.41) is 12.6. The molecule has 2 N–H and O–H groups in total. The minimum atomic E-state index is -1.12. The molecule has 0 radical (unpaired) electrons. The molecule has 35 heavy (non-hydrogen) atoms. The van der Waals surface area contributed by atoms with Crippen LogP contribution >= 0.6 is 11.3 Å². The normalized spacial score (nSPS) is 22.1. The van der Waals surface area contributed by atoms with E-state index >= 15 is 0 Å². The summed E-state index contributed by atoms with van der Waals surface area (Å²) in [6.45, 7) is 0.174. The molecule has 1 aromatic heterocycles. The van der Waals surface area contributed by atoms with E-state index in [2.05, 4.69) is 34.6 Å². The molecule has 2 aliphatic heterocycles. The van der Waals surface area contributed by atoms with Crippen molar-refractivity contribution in [1.29, 1.82) is 0 Å². The monoisotopic (exact) mass is 489 g/mol. The van der Waals surface area contributed by atoms with Crippen LogP contribution in [0.15, 0.2) is 54.7 Å². The van der Waals surface area contributed by atoms with Crippen molar-refractivity contribution in [3.8, 4) is 11.1 Å².